The molecule has 0 saturated heterocycles. The predicted octanol–water partition coefficient (Wildman–Crippen LogP) is 4.08. The molecule has 1 amide bonds. The molecule has 0 radical (unpaired) electrons. The molecule has 2 aromatic rings. The normalized spacial score (nSPS) is 9.96. The summed E-state index contributed by atoms with van der Waals surface area (Å²) in [7, 11) is 0. The predicted molar refractivity (Wildman–Crippen MR) is 93.5 cm³/mol. The third-order valence-electron chi connectivity index (χ3n) is 3.07. The Morgan fingerprint density at radius 2 is 1.87 bits per heavy atom. The van der Waals surface area contributed by atoms with E-state index in [0.29, 0.717) is 16.0 Å². The van der Waals surface area contributed by atoms with Crippen LogP contribution in [0.3, 0.4) is 0 Å². The van der Waals surface area contributed by atoms with E-state index >= 15 is 0 Å². The van der Waals surface area contributed by atoms with Crippen molar-refractivity contribution in [3.8, 4) is 0 Å². The summed E-state index contributed by atoms with van der Waals surface area (Å²) in [5.41, 5.74) is 1.32. The number of hydrogen-bond acceptors (Lipinski definition) is 3. The zero-order chi connectivity index (χ0) is 17.0. The summed E-state index contributed by atoms with van der Waals surface area (Å²) >= 11 is 3.19. The Hall–Kier alpha value is -2.73. The largest absolute Gasteiger partial charge is 0.478 e. The van der Waals surface area contributed by atoms with Crippen LogP contribution in [0.4, 0.5) is 5.82 Å². The molecule has 0 bridgehead atoms. The van der Waals surface area contributed by atoms with Crippen LogP contribution in [0.1, 0.15) is 32.0 Å². The van der Waals surface area contributed by atoms with Crippen molar-refractivity contribution < 1.29 is 14.7 Å². The van der Waals surface area contributed by atoms with Gasteiger partial charge < -0.3 is 10.4 Å². The Morgan fingerprint density at radius 3 is 2.48 bits per heavy atom. The van der Waals surface area contributed by atoms with Gasteiger partial charge in [-0.25, -0.2) is 9.78 Å². The van der Waals surface area contributed by atoms with E-state index in [-0.39, 0.29) is 11.1 Å². The van der Waals surface area contributed by atoms with E-state index < -0.39 is 11.9 Å². The molecular formula is C17H13BrN2O3. The van der Waals surface area contributed by atoms with Crippen LogP contribution in [0.15, 0.2) is 48.0 Å². The molecule has 116 valence electrons. The highest BCUT2D eigenvalue weighted by Gasteiger charge is 2.17. The molecule has 5 nitrogen and oxygen atoms in total. The minimum absolute atomic E-state index is 0.0513. The van der Waals surface area contributed by atoms with Gasteiger partial charge in [-0.05, 0) is 42.0 Å². The highest BCUT2D eigenvalue weighted by molar-refractivity contribution is 9.10. The summed E-state index contributed by atoms with van der Waals surface area (Å²) in [4.78, 5) is 27.8. The van der Waals surface area contributed by atoms with Crippen LogP contribution in [0.5, 0.6) is 0 Å². The number of hydrogen-bond donors (Lipinski definition) is 2. The standard InChI is InChI=1S/C17H13BrN2O3/c1-3-10-5-8-15(19-14(10)4-2)20-16(21)12-7-6-11(18)9-13(12)17(22)23/h3-9H,1-2H2,(H,22,23)(H,19,20,21). The molecule has 0 unspecified atom stereocenters. The number of carbonyl (C=O) groups excluding carboxylic acids is 1. The SMILES string of the molecule is C=Cc1ccc(NC(=O)c2ccc(Br)cc2C(=O)O)nc1C=C. The van der Waals surface area contributed by atoms with Gasteiger partial charge in [0.05, 0.1) is 16.8 Å². The van der Waals surface area contributed by atoms with Crippen LogP contribution in [0.25, 0.3) is 12.2 Å². The van der Waals surface area contributed by atoms with Crippen molar-refractivity contribution in [1.29, 1.82) is 0 Å². The number of rotatable bonds is 5. The van der Waals surface area contributed by atoms with E-state index in [0.717, 1.165) is 5.56 Å². The highest BCUT2D eigenvalue weighted by atomic mass is 79.9. The van der Waals surface area contributed by atoms with E-state index in [1.165, 1.54) is 12.1 Å². The van der Waals surface area contributed by atoms with Gasteiger partial charge in [0.1, 0.15) is 5.82 Å². The molecule has 0 aliphatic rings. The Labute approximate surface area is 141 Å². The molecule has 0 fully saturated rings. The first-order valence-corrected chi connectivity index (χ1v) is 7.35. The van der Waals surface area contributed by atoms with E-state index in [1.54, 1.807) is 30.4 Å². The minimum Gasteiger partial charge on any atom is -0.478 e. The summed E-state index contributed by atoms with van der Waals surface area (Å²) in [6.45, 7) is 7.33. The van der Waals surface area contributed by atoms with Crippen molar-refractivity contribution in [2.75, 3.05) is 5.32 Å². The molecule has 1 aromatic heterocycles. The average molecular weight is 373 g/mol. The molecule has 2 rings (SSSR count). The topological polar surface area (TPSA) is 79.3 Å². The summed E-state index contributed by atoms with van der Waals surface area (Å²) in [6, 6.07) is 7.77. The Bertz CT molecular complexity index is 815. The Morgan fingerprint density at radius 1 is 1.13 bits per heavy atom. The number of aromatic carboxylic acids is 1. The lowest BCUT2D eigenvalue weighted by molar-refractivity contribution is 0.0692. The third kappa shape index (κ3) is 3.73. The van der Waals surface area contributed by atoms with E-state index in [2.05, 4.69) is 39.4 Å². The molecule has 1 heterocycles. The van der Waals surface area contributed by atoms with Crippen LogP contribution < -0.4 is 5.32 Å². The van der Waals surface area contributed by atoms with Crippen molar-refractivity contribution in [3.05, 3.63) is 70.3 Å². The maximum Gasteiger partial charge on any atom is 0.336 e. The fourth-order valence-corrected chi connectivity index (χ4v) is 2.33. The number of aromatic nitrogens is 1. The summed E-state index contributed by atoms with van der Waals surface area (Å²) in [6.07, 6.45) is 3.18. The number of pyridine rings is 1. The van der Waals surface area contributed by atoms with Gasteiger partial charge in [0.2, 0.25) is 0 Å². The quantitative estimate of drug-likeness (QED) is 0.828. The smallest absolute Gasteiger partial charge is 0.336 e. The number of carboxylic acid groups (broad SMARTS) is 1. The van der Waals surface area contributed by atoms with Crippen LogP contribution >= 0.6 is 15.9 Å². The summed E-state index contributed by atoms with van der Waals surface area (Å²) in [5.74, 6) is -1.43. The third-order valence-corrected chi connectivity index (χ3v) is 3.56. The lowest BCUT2D eigenvalue weighted by Crippen LogP contribution is -2.17. The van der Waals surface area contributed by atoms with Crippen LogP contribution in [0, 0.1) is 0 Å². The van der Waals surface area contributed by atoms with Gasteiger partial charge in [0.25, 0.3) is 5.91 Å². The van der Waals surface area contributed by atoms with Crippen molar-refractivity contribution in [2.24, 2.45) is 0 Å². The van der Waals surface area contributed by atoms with Crippen molar-refractivity contribution in [2.45, 2.75) is 0 Å². The summed E-state index contributed by atoms with van der Waals surface area (Å²) in [5, 5.41) is 11.8. The van der Waals surface area contributed by atoms with E-state index in [9.17, 15) is 14.7 Å². The van der Waals surface area contributed by atoms with Gasteiger partial charge in [0.15, 0.2) is 0 Å². The number of amides is 1. The van der Waals surface area contributed by atoms with E-state index in [1.807, 2.05) is 0 Å². The second-order valence-electron chi connectivity index (χ2n) is 4.53. The Kier molecular flexibility index (Phi) is 5.08. The van der Waals surface area contributed by atoms with Crippen LogP contribution in [-0.2, 0) is 0 Å². The van der Waals surface area contributed by atoms with Gasteiger partial charge in [0, 0.05) is 4.47 Å². The fourth-order valence-electron chi connectivity index (χ4n) is 1.97. The number of anilines is 1. The zero-order valence-electron chi connectivity index (χ0n) is 12.0. The molecule has 0 saturated carbocycles. The lowest BCUT2D eigenvalue weighted by atomic mass is 10.1. The van der Waals surface area contributed by atoms with Gasteiger partial charge >= 0.3 is 5.97 Å². The molecule has 0 spiro atoms. The number of halogens is 1. The van der Waals surface area contributed by atoms with Crippen molar-refractivity contribution in [1.82, 2.24) is 4.98 Å². The molecule has 0 atom stereocenters. The van der Waals surface area contributed by atoms with E-state index in [4.69, 9.17) is 0 Å². The van der Waals surface area contributed by atoms with Gasteiger partial charge in [-0.1, -0.05) is 35.2 Å². The maximum absolute atomic E-state index is 12.3. The van der Waals surface area contributed by atoms with Gasteiger partial charge in [-0.15, -0.1) is 0 Å². The highest BCUT2D eigenvalue weighted by Crippen LogP contribution is 2.19. The van der Waals surface area contributed by atoms with Crippen LogP contribution in [-0.4, -0.2) is 22.0 Å². The number of carboxylic acids is 1. The summed E-state index contributed by atoms with van der Waals surface area (Å²) < 4.78 is 0.578. The number of benzene rings is 1. The first kappa shape index (κ1) is 16.6. The first-order valence-electron chi connectivity index (χ1n) is 6.56. The monoisotopic (exact) mass is 372 g/mol. The molecule has 2 N–H and O–H groups in total. The minimum atomic E-state index is -1.18. The molecule has 23 heavy (non-hydrogen) atoms. The number of carbonyl (C=O) groups is 2. The zero-order valence-corrected chi connectivity index (χ0v) is 13.6. The van der Waals surface area contributed by atoms with Gasteiger partial charge in [-0.3, -0.25) is 4.79 Å². The lowest BCUT2D eigenvalue weighted by Gasteiger charge is -2.09. The first-order chi connectivity index (χ1) is 11.0. The molecule has 0 aliphatic heterocycles. The number of nitrogens with one attached hydrogen (secondary N) is 1. The number of nitrogens with zero attached hydrogens (tertiary/aromatic N) is 1. The fraction of sp³-hybridized carbons (Fsp3) is 0. The van der Waals surface area contributed by atoms with Crippen molar-refractivity contribution in [3.63, 3.8) is 0 Å². The second kappa shape index (κ2) is 7.02. The molecule has 1 aromatic carbocycles. The van der Waals surface area contributed by atoms with Crippen molar-refractivity contribution >= 4 is 45.8 Å². The Balaban J connectivity index is 2.35. The molecule has 6 heteroatoms. The molecular weight excluding hydrogens is 360 g/mol. The maximum atomic E-state index is 12.3. The second-order valence-corrected chi connectivity index (χ2v) is 5.44. The van der Waals surface area contributed by atoms with Gasteiger partial charge in [-0.2, -0.15) is 0 Å². The average Bonchev–Trinajstić information content (AvgIpc) is 2.54. The van der Waals surface area contributed by atoms with Crippen LogP contribution in [0.2, 0.25) is 0 Å². The molecule has 0 aliphatic carbocycles.